The quantitative estimate of drug-likeness (QED) is 0.755. The Bertz CT molecular complexity index is 766. The van der Waals surface area contributed by atoms with Crippen molar-refractivity contribution in [3.63, 3.8) is 0 Å². The minimum absolute atomic E-state index is 0.0104. The molecule has 0 radical (unpaired) electrons. The van der Waals surface area contributed by atoms with E-state index in [1.54, 1.807) is 0 Å². The van der Waals surface area contributed by atoms with Gasteiger partial charge in [0, 0.05) is 0 Å². The number of benzene rings is 2. The van der Waals surface area contributed by atoms with Gasteiger partial charge in [-0.05, 0) is 30.2 Å². The summed E-state index contributed by atoms with van der Waals surface area (Å²) in [6.07, 6.45) is -0.875. The maximum absolute atomic E-state index is 13.8. The molecule has 0 aliphatic rings. The van der Waals surface area contributed by atoms with Crippen molar-refractivity contribution in [3.8, 4) is 5.75 Å². The molecule has 0 saturated heterocycles. The lowest BCUT2D eigenvalue weighted by Gasteiger charge is -2.19. The minimum Gasteiger partial charge on any atom is -0.494 e. The van der Waals surface area contributed by atoms with E-state index in [1.165, 1.54) is 26.2 Å². The number of carbonyl (C=O) groups is 2. The monoisotopic (exact) mass is 361 g/mol. The molecular formula is C19H20FNO5. The molecule has 1 amide bonds. The number of carboxylic acids is 1. The smallest absolute Gasteiger partial charge is 0.330 e. The van der Waals surface area contributed by atoms with Crippen LogP contribution in [0.2, 0.25) is 0 Å². The molecule has 26 heavy (non-hydrogen) atoms. The third-order valence-electron chi connectivity index (χ3n) is 3.75. The first-order valence-corrected chi connectivity index (χ1v) is 7.94. The number of aliphatic carboxylic acids is 1. The van der Waals surface area contributed by atoms with Crippen LogP contribution in [0.1, 0.15) is 24.1 Å². The van der Waals surface area contributed by atoms with Crippen LogP contribution >= 0.6 is 0 Å². The first kappa shape index (κ1) is 19.4. The zero-order chi connectivity index (χ0) is 19.1. The highest BCUT2D eigenvalue weighted by Crippen LogP contribution is 2.22. The summed E-state index contributed by atoms with van der Waals surface area (Å²) in [5.41, 5.74) is 0.985. The third kappa shape index (κ3) is 5.03. The van der Waals surface area contributed by atoms with E-state index in [4.69, 9.17) is 9.47 Å². The minimum atomic E-state index is -1.40. The standard InChI is InChI=1S/C19H20FNO5/c1-12(26-11-13-6-4-3-5-7-13)18(22)21-17(19(23)24)14-8-9-16(25-2)15(20)10-14/h3-10,12,17H,11H2,1-2H3,(H,21,22)(H,23,24). The zero-order valence-corrected chi connectivity index (χ0v) is 14.4. The van der Waals surface area contributed by atoms with Gasteiger partial charge in [-0.25, -0.2) is 9.18 Å². The van der Waals surface area contributed by atoms with Crippen molar-refractivity contribution in [1.29, 1.82) is 0 Å². The van der Waals surface area contributed by atoms with E-state index in [9.17, 15) is 19.1 Å². The molecule has 0 aliphatic heterocycles. The average molecular weight is 361 g/mol. The lowest BCUT2D eigenvalue weighted by molar-refractivity contribution is -0.144. The Morgan fingerprint density at radius 1 is 1.19 bits per heavy atom. The lowest BCUT2D eigenvalue weighted by Crippen LogP contribution is -2.40. The van der Waals surface area contributed by atoms with Gasteiger partial charge in [0.05, 0.1) is 13.7 Å². The number of carbonyl (C=O) groups excluding carboxylic acids is 1. The van der Waals surface area contributed by atoms with Gasteiger partial charge in [-0.2, -0.15) is 0 Å². The number of amides is 1. The van der Waals surface area contributed by atoms with Gasteiger partial charge in [0.25, 0.3) is 0 Å². The molecule has 2 atom stereocenters. The highest BCUT2D eigenvalue weighted by atomic mass is 19.1. The molecule has 0 heterocycles. The maximum atomic E-state index is 13.8. The van der Waals surface area contributed by atoms with Crippen LogP contribution in [-0.2, 0) is 20.9 Å². The number of methoxy groups -OCH3 is 1. The van der Waals surface area contributed by atoms with Crippen LogP contribution in [0.5, 0.6) is 5.75 Å². The molecule has 2 unspecified atom stereocenters. The molecule has 0 spiro atoms. The van der Waals surface area contributed by atoms with Gasteiger partial charge in [-0.1, -0.05) is 36.4 Å². The van der Waals surface area contributed by atoms with Crippen LogP contribution in [0.4, 0.5) is 4.39 Å². The summed E-state index contributed by atoms with van der Waals surface area (Å²) in [6, 6.07) is 11.6. The molecule has 0 bridgehead atoms. The fourth-order valence-corrected chi connectivity index (χ4v) is 2.28. The summed E-state index contributed by atoms with van der Waals surface area (Å²) in [5, 5.41) is 11.7. The number of ether oxygens (including phenoxy) is 2. The normalized spacial score (nSPS) is 12.9. The van der Waals surface area contributed by atoms with Crippen molar-refractivity contribution in [2.24, 2.45) is 0 Å². The predicted octanol–water partition coefficient (Wildman–Crippen LogP) is 2.68. The Balaban J connectivity index is 2.03. The van der Waals surface area contributed by atoms with E-state index in [0.717, 1.165) is 11.6 Å². The molecular weight excluding hydrogens is 341 g/mol. The molecule has 0 fully saturated rings. The van der Waals surface area contributed by atoms with Gasteiger partial charge in [0.15, 0.2) is 17.6 Å². The van der Waals surface area contributed by atoms with Gasteiger partial charge < -0.3 is 19.9 Å². The second kappa shape index (κ2) is 8.96. The number of halogens is 1. The number of hydrogen-bond donors (Lipinski definition) is 2. The van der Waals surface area contributed by atoms with Crippen molar-refractivity contribution in [2.45, 2.75) is 25.7 Å². The average Bonchev–Trinajstić information content (AvgIpc) is 2.64. The lowest BCUT2D eigenvalue weighted by atomic mass is 10.1. The van der Waals surface area contributed by atoms with Crippen LogP contribution in [0.25, 0.3) is 0 Å². The van der Waals surface area contributed by atoms with Crippen molar-refractivity contribution in [2.75, 3.05) is 7.11 Å². The zero-order valence-electron chi connectivity index (χ0n) is 14.4. The molecule has 7 heteroatoms. The van der Waals surface area contributed by atoms with Crippen molar-refractivity contribution in [1.82, 2.24) is 5.32 Å². The topological polar surface area (TPSA) is 84.9 Å². The van der Waals surface area contributed by atoms with E-state index >= 15 is 0 Å². The van der Waals surface area contributed by atoms with Crippen LogP contribution in [0.15, 0.2) is 48.5 Å². The SMILES string of the molecule is COc1ccc(C(NC(=O)C(C)OCc2ccccc2)C(=O)O)cc1F. The summed E-state index contributed by atoms with van der Waals surface area (Å²) < 4.78 is 24.1. The summed E-state index contributed by atoms with van der Waals surface area (Å²) in [7, 11) is 1.31. The van der Waals surface area contributed by atoms with Gasteiger partial charge in [-0.15, -0.1) is 0 Å². The van der Waals surface area contributed by atoms with Crippen molar-refractivity contribution >= 4 is 11.9 Å². The summed E-state index contributed by atoms with van der Waals surface area (Å²) in [6.45, 7) is 1.73. The third-order valence-corrected chi connectivity index (χ3v) is 3.75. The van der Waals surface area contributed by atoms with Gasteiger partial charge in [-0.3, -0.25) is 4.79 Å². The van der Waals surface area contributed by atoms with Crippen LogP contribution in [0, 0.1) is 5.82 Å². The first-order chi connectivity index (χ1) is 12.4. The second-order valence-electron chi connectivity index (χ2n) is 5.61. The van der Waals surface area contributed by atoms with Crippen molar-refractivity contribution in [3.05, 3.63) is 65.5 Å². The summed E-state index contributed by atoms with van der Waals surface area (Å²) in [4.78, 5) is 23.7. The van der Waals surface area contributed by atoms with Gasteiger partial charge >= 0.3 is 5.97 Å². The van der Waals surface area contributed by atoms with Crippen LogP contribution in [-0.4, -0.2) is 30.2 Å². The van der Waals surface area contributed by atoms with Crippen molar-refractivity contribution < 1.29 is 28.6 Å². The highest BCUT2D eigenvalue weighted by Gasteiger charge is 2.26. The molecule has 6 nitrogen and oxygen atoms in total. The molecule has 0 aromatic heterocycles. The Hall–Kier alpha value is -2.93. The fourth-order valence-electron chi connectivity index (χ4n) is 2.28. The van der Waals surface area contributed by atoms with E-state index in [2.05, 4.69) is 5.32 Å². The van der Waals surface area contributed by atoms with E-state index in [0.29, 0.717) is 0 Å². The molecule has 0 aliphatic carbocycles. The second-order valence-corrected chi connectivity index (χ2v) is 5.61. The van der Waals surface area contributed by atoms with E-state index < -0.39 is 29.8 Å². The van der Waals surface area contributed by atoms with Crippen LogP contribution < -0.4 is 10.1 Å². The Labute approximate surface area is 150 Å². The van der Waals surface area contributed by atoms with Gasteiger partial charge in [0.1, 0.15) is 6.10 Å². The first-order valence-electron chi connectivity index (χ1n) is 7.94. The Morgan fingerprint density at radius 3 is 2.46 bits per heavy atom. The largest absolute Gasteiger partial charge is 0.494 e. The number of nitrogens with one attached hydrogen (secondary N) is 1. The Morgan fingerprint density at radius 2 is 1.88 bits per heavy atom. The van der Waals surface area contributed by atoms with E-state index in [-0.39, 0.29) is 17.9 Å². The van der Waals surface area contributed by atoms with Gasteiger partial charge in [0.2, 0.25) is 5.91 Å². The molecule has 2 rings (SSSR count). The highest BCUT2D eigenvalue weighted by molar-refractivity contribution is 5.86. The Kier molecular flexibility index (Phi) is 6.68. The number of hydrogen-bond acceptors (Lipinski definition) is 4. The molecule has 2 N–H and O–H groups in total. The fraction of sp³-hybridized carbons (Fsp3) is 0.263. The van der Waals surface area contributed by atoms with E-state index in [1.807, 2.05) is 30.3 Å². The van der Waals surface area contributed by atoms with Crippen LogP contribution in [0.3, 0.4) is 0 Å². The molecule has 0 saturated carbocycles. The molecule has 2 aromatic rings. The summed E-state index contributed by atoms with van der Waals surface area (Å²) in [5.74, 6) is -2.63. The maximum Gasteiger partial charge on any atom is 0.330 e. The predicted molar refractivity (Wildman–Crippen MR) is 92.2 cm³/mol. The summed E-state index contributed by atoms with van der Waals surface area (Å²) >= 11 is 0. The number of rotatable bonds is 8. The molecule has 138 valence electrons. The number of carboxylic acid groups (broad SMARTS) is 1. The molecule has 2 aromatic carbocycles.